The van der Waals surface area contributed by atoms with Gasteiger partial charge in [-0.2, -0.15) is 0 Å². The molecule has 5 nitrogen and oxygen atoms in total. The molecule has 1 fully saturated rings. The maximum Gasteiger partial charge on any atom is 0.185 e. The Morgan fingerprint density at radius 3 is 2.67 bits per heavy atom. The van der Waals surface area contributed by atoms with Gasteiger partial charge in [0.25, 0.3) is 0 Å². The molecule has 0 saturated carbocycles. The molecule has 1 aliphatic rings. The lowest BCUT2D eigenvalue weighted by Crippen LogP contribution is -2.51. The second kappa shape index (κ2) is 6.07. The fourth-order valence-corrected chi connectivity index (χ4v) is 3.60. The van der Waals surface area contributed by atoms with Crippen molar-refractivity contribution in [1.82, 2.24) is 19.9 Å². The van der Waals surface area contributed by atoms with E-state index < -0.39 is 0 Å². The van der Waals surface area contributed by atoms with Crippen LogP contribution in [0.5, 0.6) is 0 Å². The quantitative estimate of drug-likeness (QED) is 0.870. The van der Waals surface area contributed by atoms with Crippen molar-refractivity contribution in [2.75, 3.05) is 24.5 Å². The zero-order valence-electron chi connectivity index (χ0n) is 12.8. The smallest absolute Gasteiger partial charge is 0.185 e. The highest BCUT2D eigenvalue weighted by Crippen LogP contribution is 2.24. The van der Waals surface area contributed by atoms with Crippen molar-refractivity contribution in [1.29, 1.82) is 0 Å². The number of nitrogens with zero attached hydrogens (tertiary/aromatic N) is 5. The van der Waals surface area contributed by atoms with Gasteiger partial charge in [0, 0.05) is 50.0 Å². The lowest BCUT2D eigenvalue weighted by Gasteiger charge is -2.39. The van der Waals surface area contributed by atoms with Crippen molar-refractivity contribution < 1.29 is 0 Å². The normalized spacial score (nSPS) is 20.0. The van der Waals surface area contributed by atoms with E-state index in [9.17, 15) is 0 Å². The van der Waals surface area contributed by atoms with Crippen molar-refractivity contribution in [2.24, 2.45) is 0 Å². The highest BCUT2D eigenvalue weighted by molar-refractivity contribution is 7.13. The molecule has 0 N–H and O–H groups in total. The number of rotatable bonds is 3. The molecular formula is C15H21N5S. The number of hydrogen-bond donors (Lipinski definition) is 0. The van der Waals surface area contributed by atoms with Gasteiger partial charge < -0.3 is 4.90 Å². The number of hydrogen-bond acceptors (Lipinski definition) is 6. The third-order valence-corrected chi connectivity index (χ3v) is 4.78. The first-order valence-corrected chi connectivity index (χ1v) is 8.18. The van der Waals surface area contributed by atoms with Crippen LogP contribution in [0.15, 0.2) is 17.8 Å². The van der Waals surface area contributed by atoms with Crippen LogP contribution in [0.2, 0.25) is 0 Å². The van der Waals surface area contributed by atoms with Gasteiger partial charge in [-0.1, -0.05) is 0 Å². The second-order valence-corrected chi connectivity index (χ2v) is 6.53. The van der Waals surface area contributed by atoms with Crippen LogP contribution >= 0.6 is 11.3 Å². The Balaban J connectivity index is 1.61. The molecular weight excluding hydrogens is 282 g/mol. The predicted molar refractivity (Wildman–Crippen MR) is 85.7 cm³/mol. The van der Waals surface area contributed by atoms with Crippen molar-refractivity contribution in [3.05, 3.63) is 34.9 Å². The van der Waals surface area contributed by atoms with Crippen molar-refractivity contribution in [3.63, 3.8) is 0 Å². The molecule has 1 saturated heterocycles. The Labute approximate surface area is 129 Å². The van der Waals surface area contributed by atoms with Crippen LogP contribution in [-0.4, -0.2) is 45.5 Å². The Kier molecular flexibility index (Phi) is 4.17. The molecule has 112 valence electrons. The van der Waals surface area contributed by atoms with Gasteiger partial charge in [-0.15, -0.1) is 11.3 Å². The number of aryl methyl sites for hydroxylation is 2. The van der Waals surface area contributed by atoms with Crippen LogP contribution < -0.4 is 4.90 Å². The molecule has 2 aromatic rings. The highest BCUT2D eigenvalue weighted by atomic mass is 32.1. The Bertz CT molecular complexity index is 594. The minimum atomic E-state index is 0.475. The van der Waals surface area contributed by atoms with Crippen molar-refractivity contribution in [3.8, 4) is 0 Å². The van der Waals surface area contributed by atoms with Gasteiger partial charge in [-0.25, -0.2) is 4.98 Å². The molecule has 0 spiro atoms. The summed E-state index contributed by atoms with van der Waals surface area (Å²) in [6.07, 6.45) is 3.73. The van der Waals surface area contributed by atoms with Gasteiger partial charge in [0.05, 0.1) is 17.1 Å². The lowest BCUT2D eigenvalue weighted by molar-refractivity contribution is 0.218. The Hall–Kier alpha value is -1.53. The average Bonchev–Trinajstić information content (AvgIpc) is 2.88. The van der Waals surface area contributed by atoms with E-state index in [0.717, 1.165) is 48.4 Å². The first-order chi connectivity index (χ1) is 10.1. The first kappa shape index (κ1) is 14.4. The van der Waals surface area contributed by atoms with E-state index in [0.29, 0.717) is 6.04 Å². The van der Waals surface area contributed by atoms with Crippen LogP contribution in [-0.2, 0) is 6.54 Å². The van der Waals surface area contributed by atoms with Gasteiger partial charge in [0.2, 0.25) is 0 Å². The molecule has 0 amide bonds. The summed E-state index contributed by atoms with van der Waals surface area (Å²) in [6.45, 7) is 10.3. The van der Waals surface area contributed by atoms with Crippen LogP contribution in [0.3, 0.4) is 0 Å². The summed E-state index contributed by atoms with van der Waals surface area (Å²) in [4.78, 5) is 18.2. The number of anilines is 1. The maximum atomic E-state index is 4.61. The third kappa shape index (κ3) is 3.39. The minimum Gasteiger partial charge on any atom is -0.343 e. The fraction of sp³-hybridized carbons (Fsp3) is 0.533. The molecule has 0 bridgehead atoms. The summed E-state index contributed by atoms with van der Waals surface area (Å²) in [6, 6.07) is 0.475. The lowest BCUT2D eigenvalue weighted by atomic mass is 10.2. The third-order valence-electron chi connectivity index (χ3n) is 3.78. The summed E-state index contributed by atoms with van der Waals surface area (Å²) in [5.74, 6) is 0. The zero-order chi connectivity index (χ0) is 14.8. The highest BCUT2D eigenvalue weighted by Gasteiger charge is 2.25. The zero-order valence-corrected chi connectivity index (χ0v) is 13.6. The SMILES string of the molecule is Cc1cnc(CN2CCN(c3nc(C)cs3)[C@H](C)C2)cn1. The van der Waals surface area contributed by atoms with E-state index in [1.54, 1.807) is 11.3 Å². The van der Waals surface area contributed by atoms with Gasteiger partial charge >= 0.3 is 0 Å². The van der Waals surface area contributed by atoms with E-state index in [2.05, 4.69) is 44.0 Å². The number of aromatic nitrogens is 3. The maximum absolute atomic E-state index is 4.61. The van der Waals surface area contributed by atoms with E-state index in [-0.39, 0.29) is 0 Å². The molecule has 3 rings (SSSR count). The predicted octanol–water partition coefficient (Wildman–Crippen LogP) is 2.26. The van der Waals surface area contributed by atoms with Crippen LogP contribution in [0.25, 0.3) is 0 Å². The van der Waals surface area contributed by atoms with E-state index in [4.69, 9.17) is 0 Å². The van der Waals surface area contributed by atoms with Crippen LogP contribution in [0.1, 0.15) is 24.0 Å². The molecule has 21 heavy (non-hydrogen) atoms. The number of thiazole rings is 1. The van der Waals surface area contributed by atoms with E-state index >= 15 is 0 Å². The van der Waals surface area contributed by atoms with Gasteiger partial charge in [0.1, 0.15) is 0 Å². The summed E-state index contributed by atoms with van der Waals surface area (Å²) in [5.41, 5.74) is 3.13. The van der Waals surface area contributed by atoms with Gasteiger partial charge in [-0.05, 0) is 20.8 Å². The minimum absolute atomic E-state index is 0.475. The molecule has 0 aliphatic carbocycles. The summed E-state index contributed by atoms with van der Waals surface area (Å²) in [5, 5.41) is 3.27. The van der Waals surface area contributed by atoms with Gasteiger partial charge in [-0.3, -0.25) is 14.9 Å². The monoisotopic (exact) mass is 303 g/mol. The van der Waals surface area contributed by atoms with Crippen LogP contribution in [0, 0.1) is 13.8 Å². The summed E-state index contributed by atoms with van der Waals surface area (Å²) >= 11 is 1.74. The van der Waals surface area contributed by atoms with Gasteiger partial charge in [0.15, 0.2) is 5.13 Å². The number of piperazine rings is 1. The summed E-state index contributed by atoms with van der Waals surface area (Å²) < 4.78 is 0. The molecule has 0 aromatic carbocycles. The molecule has 6 heteroatoms. The Morgan fingerprint density at radius 2 is 2.05 bits per heavy atom. The largest absolute Gasteiger partial charge is 0.343 e. The molecule has 1 atom stereocenters. The van der Waals surface area contributed by atoms with E-state index in [1.807, 2.05) is 19.3 Å². The standard InChI is InChI=1S/C15H21N5S/c1-11-6-17-14(7-16-11)9-19-4-5-20(13(3)8-19)15-18-12(2)10-21-15/h6-7,10,13H,4-5,8-9H2,1-3H3/t13-/m1/s1. The first-order valence-electron chi connectivity index (χ1n) is 7.30. The molecule has 0 radical (unpaired) electrons. The summed E-state index contributed by atoms with van der Waals surface area (Å²) in [7, 11) is 0. The molecule has 0 unspecified atom stereocenters. The topological polar surface area (TPSA) is 45.2 Å². The van der Waals surface area contributed by atoms with E-state index in [1.165, 1.54) is 0 Å². The Morgan fingerprint density at radius 1 is 1.19 bits per heavy atom. The van der Waals surface area contributed by atoms with Crippen molar-refractivity contribution in [2.45, 2.75) is 33.4 Å². The van der Waals surface area contributed by atoms with Crippen LogP contribution in [0.4, 0.5) is 5.13 Å². The van der Waals surface area contributed by atoms with Crippen molar-refractivity contribution >= 4 is 16.5 Å². The second-order valence-electron chi connectivity index (χ2n) is 5.70. The molecule has 3 heterocycles. The fourth-order valence-electron chi connectivity index (χ4n) is 2.66. The molecule has 1 aliphatic heterocycles. The molecule has 2 aromatic heterocycles. The average molecular weight is 303 g/mol.